The van der Waals surface area contributed by atoms with E-state index in [2.05, 4.69) is 38.2 Å². The number of carbonyl (C=O) groups is 2. The van der Waals surface area contributed by atoms with E-state index >= 15 is 0 Å². The van der Waals surface area contributed by atoms with Crippen molar-refractivity contribution in [2.45, 2.75) is 248 Å². The molecule has 11 atom stereocenters. The van der Waals surface area contributed by atoms with Gasteiger partial charge in [0.1, 0.15) is 55.4 Å². The molecule has 0 amide bonds. The van der Waals surface area contributed by atoms with Gasteiger partial charge in [0.2, 0.25) is 0 Å². The van der Waals surface area contributed by atoms with Crippen LogP contribution in [0.15, 0.2) is 24.3 Å². The lowest BCUT2D eigenvalue weighted by atomic mass is 9.98. The minimum atomic E-state index is -1.76. The highest BCUT2D eigenvalue weighted by atomic mass is 16.7. The molecule has 0 aromatic heterocycles. The summed E-state index contributed by atoms with van der Waals surface area (Å²) < 4.78 is 33.5. The number of hydrogen-bond acceptors (Lipinski definition) is 15. The van der Waals surface area contributed by atoms with Gasteiger partial charge in [-0.3, -0.25) is 9.59 Å². The van der Waals surface area contributed by atoms with Crippen molar-refractivity contribution in [3.05, 3.63) is 24.3 Å². The Morgan fingerprint density at radius 3 is 1.48 bits per heavy atom. The van der Waals surface area contributed by atoms with Crippen LogP contribution in [-0.2, 0) is 38.0 Å². The number of unbranched alkanes of at least 4 members (excludes halogenated alkanes) is 20. The first kappa shape index (κ1) is 58.1. The molecule has 4 unspecified atom stereocenters. The van der Waals surface area contributed by atoms with Gasteiger partial charge in [-0.1, -0.05) is 147 Å². The van der Waals surface area contributed by atoms with Crippen LogP contribution in [0.1, 0.15) is 181 Å². The Kier molecular flexibility index (Phi) is 33.6. The lowest BCUT2D eigenvalue weighted by molar-refractivity contribution is -0.332. The Bertz CT molecular complexity index is 1220. The van der Waals surface area contributed by atoms with Gasteiger partial charge in [0.15, 0.2) is 18.7 Å². The van der Waals surface area contributed by atoms with Gasteiger partial charge < -0.3 is 64.2 Å². The van der Waals surface area contributed by atoms with Crippen LogP contribution < -0.4 is 0 Å². The molecule has 2 aliphatic heterocycles. The normalized spacial score (nSPS) is 26.8. The number of rotatable bonds is 38. The molecule has 0 radical (unpaired) electrons. The summed E-state index contributed by atoms with van der Waals surface area (Å²) in [4.78, 5) is 25.6. The number of allylic oxidation sites excluding steroid dienone is 4. The Labute approximate surface area is 383 Å². The minimum absolute atomic E-state index is 0.163. The van der Waals surface area contributed by atoms with E-state index in [0.29, 0.717) is 12.8 Å². The van der Waals surface area contributed by atoms with Crippen molar-refractivity contribution < 1.29 is 73.8 Å². The van der Waals surface area contributed by atoms with Gasteiger partial charge in [0.25, 0.3) is 0 Å². The first-order valence-corrected chi connectivity index (χ1v) is 24.9. The summed E-state index contributed by atoms with van der Waals surface area (Å²) in [5.41, 5.74) is 0. The fraction of sp³-hybridized carbons (Fsp3) is 0.878. The van der Waals surface area contributed by atoms with Gasteiger partial charge in [0, 0.05) is 12.8 Å². The molecule has 2 rings (SSSR count). The van der Waals surface area contributed by atoms with Crippen molar-refractivity contribution in [2.24, 2.45) is 0 Å². The summed E-state index contributed by atoms with van der Waals surface area (Å²) in [6.45, 7) is 2.54. The number of carbonyl (C=O) groups excluding carboxylic acids is 2. The van der Waals surface area contributed by atoms with Gasteiger partial charge in [-0.2, -0.15) is 0 Å². The van der Waals surface area contributed by atoms with E-state index in [1.807, 2.05) is 0 Å². The van der Waals surface area contributed by atoms with Crippen LogP contribution in [0.4, 0.5) is 0 Å². The lowest BCUT2D eigenvalue weighted by Gasteiger charge is -2.42. The molecular weight excluding hydrogens is 829 g/mol. The molecule has 7 N–H and O–H groups in total. The van der Waals surface area contributed by atoms with Crippen molar-refractivity contribution in [1.82, 2.24) is 0 Å². The third kappa shape index (κ3) is 25.2. The second kappa shape index (κ2) is 37.0. The van der Waals surface area contributed by atoms with E-state index in [9.17, 15) is 45.3 Å². The molecule has 0 aromatic rings. The summed E-state index contributed by atoms with van der Waals surface area (Å²) in [5, 5.41) is 71.9. The van der Waals surface area contributed by atoms with Gasteiger partial charge in [-0.15, -0.1) is 0 Å². The Morgan fingerprint density at radius 1 is 0.500 bits per heavy atom. The van der Waals surface area contributed by atoms with Crippen LogP contribution in [0, 0.1) is 0 Å². The summed E-state index contributed by atoms with van der Waals surface area (Å²) in [7, 11) is 0. The number of hydrogen-bond donors (Lipinski definition) is 7. The Hall–Kier alpha value is -2.02. The van der Waals surface area contributed by atoms with Gasteiger partial charge in [-0.05, 0) is 44.9 Å². The maximum atomic E-state index is 13.0. The number of aliphatic hydroxyl groups excluding tert-OH is 7. The van der Waals surface area contributed by atoms with E-state index in [-0.39, 0.29) is 26.1 Å². The molecule has 15 nitrogen and oxygen atoms in total. The highest BCUT2D eigenvalue weighted by Crippen LogP contribution is 2.26. The van der Waals surface area contributed by atoms with E-state index in [1.54, 1.807) is 0 Å². The first-order valence-electron chi connectivity index (χ1n) is 24.9. The molecule has 0 saturated carbocycles. The first-order chi connectivity index (χ1) is 31.0. The van der Waals surface area contributed by atoms with Crippen molar-refractivity contribution in [3.63, 3.8) is 0 Å². The van der Waals surface area contributed by atoms with Crippen molar-refractivity contribution in [3.8, 4) is 0 Å². The largest absolute Gasteiger partial charge is 0.462 e. The molecule has 374 valence electrons. The maximum absolute atomic E-state index is 13.0. The molecular formula is C49H88O15. The Balaban J connectivity index is 1.79. The minimum Gasteiger partial charge on any atom is -0.462 e. The quantitative estimate of drug-likeness (QED) is 0.0203. The predicted octanol–water partition coefficient (Wildman–Crippen LogP) is 6.38. The molecule has 15 heteroatoms. The molecule has 0 bridgehead atoms. The molecule has 2 saturated heterocycles. The van der Waals surface area contributed by atoms with Crippen molar-refractivity contribution >= 4 is 11.9 Å². The fourth-order valence-electron chi connectivity index (χ4n) is 7.78. The maximum Gasteiger partial charge on any atom is 0.306 e. The van der Waals surface area contributed by atoms with Crippen molar-refractivity contribution in [1.29, 1.82) is 0 Å². The molecule has 2 fully saturated rings. The molecule has 0 spiro atoms. The third-order valence-electron chi connectivity index (χ3n) is 11.9. The number of esters is 2. The van der Waals surface area contributed by atoms with E-state index in [4.69, 9.17) is 28.4 Å². The highest BCUT2D eigenvalue weighted by molar-refractivity contribution is 5.70. The number of aliphatic hydroxyl groups is 7. The van der Waals surface area contributed by atoms with Crippen LogP contribution >= 0.6 is 0 Å². The Morgan fingerprint density at radius 2 is 0.938 bits per heavy atom. The SMILES string of the molecule is CCCCC/C=C/C/C=C/CCCCCCCCCCCC(=O)O[C@H](COC(=O)CCCCCCCCCCC)CO[C@H]1O[C@@H](CO[C@H]2O[C@@H](CO)[C@@H](O)C(O)C2O)[C@@H](O)C(O)C1O. The molecule has 0 aromatic carbocycles. The topological polar surface area (TPSA) is 231 Å². The standard InChI is InChI=1S/C49H88O15/c1-3-5-7-9-11-13-14-15-16-17-18-19-20-21-22-24-26-28-30-32-41(52)62-37(34-59-40(51)31-29-27-25-23-12-10-8-6-4-2)35-60-48-47(58)45(56)43(54)39(64-48)36-61-49-46(57)44(55)42(53)38(33-50)63-49/h11,13,15-16,37-39,42-50,53-58H,3-10,12,14,17-36H2,1-2H3/b13-11+,16-15+/t37-,38+,39+,42-,43-,44?,45?,46?,47?,48+,49+/m1/s1. The number of ether oxygens (including phenoxy) is 6. The van der Waals surface area contributed by atoms with Crippen molar-refractivity contribution in [2.75, 3.05) is 26.4 Å². The van der Waals surface area contributed by atoms with Crippen LogP contribution in [0.25, 0.3) is 0 Å². The summed E-state index contributed by atoms with van der Waals surface area (Å²) >= 11 is 0. The monoisotopic (exact) mass is 917 g/mol. The lowest BCUT2D eigenvalue weighted by Crippen LogP contribution is -2.61. The molecule has 64 heavy (non-hydrogen) atoms. The predicted molar refractivity (Wildman–Crippen MR) is 243 cm³/mol. The second-order valence-corrected chi connectivity index (χ2v) is 17.6. The molecule has 2 aliphatic rings. The van der Waals surface area contributed by atoms with Crippen LogP contribution in [0.3, 0.4) is 0 Å². The van der Waals surface area contributed by atoms with E-state index in [0.717, 1.165) is 57.8 Å². The molecule has 2 heterocycles. The highest BCUT2D eigenvalue weighted by Gasteiger charge is 2.47. The van der Waals surface area contributed by atoms with Gasteiger partial charge in [0.05, 0.1) is 19.8 Å². The van der Waals surface area contributed by atoms with E-state index in [1.165, 1.54) is 83.5 Å². The van der Waals surface area contributed by atoms with Gasteiger partial charge >= 0.3 is 11.9 Å². The average Bonchev–Trinajstić information content (AvgIpc) is 3.29. The third-order valence-corrected chi connectivity index (χ3v) is 11.9. The van der Waals surface area contributed by atoms with Gasteiger partial charge in [-0.25, -0.2) is 0 Å². The smallest absolute Gasteiger partial charge is 0.306 e. The average molecular weight is 917 g/mol. The summed E-state index contributed by atoms with van der Waals surface area (Å²) in [5.74, 6) is -0.929. The zero-order chi connectivity index (χ0) is 46.8. The van der Waals surface area contributed by atoms with E-state index < -0.39 is 92.7 Å². The van der Waals surface area contributed by atoms with Crippen LogP contribution in [0.5, 0.6) is 0 Å². The summed E-state index contributed by atoms with van der Waals surface area (Å²) in [6, 6.07) is 0. The fourth-order valence-corrected chi connectivity index (χ4v) is 7.78. The van der Waals surface area contributed by atoms with Crippen LogP contribution in [-0.4, -0.2) is 142 Å². The van der Waals surface area contributed by atoms with Crippen LogP contribution in [0.2, 0.25) is 0 Å². The zero-order valence-corrected chi connectivity index (χ0v) is 39.3. The second-order valence-electron chi connectivity index (χ2n) is 17.6. The zero-order valence-electron chi connectivity index (χ0n) is 39.3. The summed E-state index contributed by atoms with van der Waals surface area (Å²) in [6.07, 6.45) is 19.3. The molecule has 0 aliphatic carbocycles.